The van der Waals surface area contributed by atoms with E-state index in [0.29, 0.717) is 22.7 Å². The van der Waals surface area contributed by atoms with E-state index in [1.165, 1.54) is 19.4 Å². The van der Waals surface area contributed by atoms with E-state index in [0.717, 1.165) is 16.5 Å². The SMILES string of the molecule is O=C(NC1CCN2CCCC12)c1cc(Cl)ccc1I. The first-order chi connectivity index (χ1) is 9.15. The molecule has 0 spiro atoms. The number of fused-ring (bicyclic) bond motifs is 1. The highest BCUT2D eigenvalue weighted by molar-refractivity contribution is 14.1. The number of carbonyl (C=O) groups is 1. The smallest absolute Gasteiger partial charge is 0.252 e. The third-order valence-corrected chi connectivity index (χ3v) is 5.27. The Balaban J connectivity index is 1.73. The Labute approximate surface area is 131 Å². The van der Waals surface area contributed by atoms with Gasteiger partial charge in [-0.2, -0.15) is 0 Å². The summed E-state index contributed by atoms with van der Waals surface area (Å²) in [6, 6.07) is 6.29. The van der Waals surface area contributed by atoms with Crippen molar-refractivity contribution in [2.75, 3.05) is 13.1 Å². The fraction of sp³-hybridized carbons (Fsp3) is 0.500. The van der Waals surface area contributed by atoms with E-state index in [1.54, 1.807) is 6.07 Å². The molecule has 1 aromatic carbocycles. The minimum atomic E-state index is 0.00523. The quantitative estimate of drug-likeness (QED) is 0.788. The maximum atomic E-state index is 12.4. The van der Waals surface area contributed by atoms with Crippen LogP contribution in [0.5, 0.6) is 0 Å². The number of amides is 1. The van der Waals surface area contributed by atoms with Gasteiger partial charge in [0.2, 0.25) is 0 Å². The lowest BCUT2D eigenvalue weighted by Crippen LogP contribution is -2.42. The molecule has 2 aliphatic heterocycles. The predicted octanol–water partition coefficient (Wildman–Crippen LogP) is 2.91. The average Bonchev–Trinajstić information content (AvgIpc) is 2.97. The van der Waals surface area contributed by atoms with Crippen molar-refractivity contribution in [1.29, 1.82) is 0 Å². The monoisotopic (exact) mass is 390 g/mol. The minimum Gasteiger partial charge on any atom is -0.348 e. The van der Waals surface area contributed by atoms with Crippen molar-refractivity contribution in [2.24, 2.45) is 0 Å². The van der Waals surface area contributed by atoms with Crippen LogP contribution in [-0.4, -0.2) is 36.0 Å². The van der Waals surface area contributed by atoms with Crippen LogP contribution in [0.4, 0.5) is 0 Å². The summed E-state index contributed by atoms with van der Waals surface area (Å²) < 4.78 is 0.945. The summed E-state index contributed by atoms with van der Waals surface area (Å²) in [6.45, 7) is 2.30. The molecular formula is C14H16ClIN2O. The molecule has 0 saturated carbocycles. The molecule has 0 bridgehead atoms. The maximum Gasteiger partial charge on any atom is 0.252 e. The van der Waals surface area contributed by atoms with E-state index in [2.05, 4.69) is 32.8 Å². The summed E-state index contributed by atoms with van der Waals surface area (Å²) in [5.41, 5.74) is 0.685. The van der Waals surface area contributed by atoms with Crippen LogP contribution in [0.25, 0.3) is 0 Å². The van der Waals surface area contributed by atoms with Gasteiger partial charge in [0.05, 0.1) is 5.56 Å². The number of halogens is 2. The van der Waals surface area contributed by atoms with Gasteiger partial charge in [-0.3, -0.25) is 9.69 Å². The third kappa shape index (κ3) is 2.76. The van der Waals surface area contributed by atoms with E-state index < -0.39 is 0 Å². The Morgan fingerprint density at radius 1 is 1.37 bits per heavy atom. The number of hydrogen-bond acceptors (Lipinski definition) is 2. The topological polar surface area (TPSA) is 32.3 Å². The predicted molar refractivity (Wildman–Crippen MR) is 84.6 cm³/mol. The van der Waals surface area contributed by atoms with Crippen molar-refractivity contribution in [3.63, 3.8) is 0 Å². The second-order valence-corrected chi connectivity index (χ2v) is 6.84. The van der Waals surface area contributed by atoms with Crippen LogP contribution in [0, 0.1) is 3.57 Å². The van der Waals surface area contributed by atoms with Gasteiger partial charge >= 0.3 is 0 Å². The first-order valence-electron chi connectivity index (χ1n) is 6.65. The van der Waals surface area contributed by atoms with Gasteiger partial charge in [0.1, 0.15) is 0 Å². The van der Waals surface area contributed by atoms with Crippen LogP contribution in [0.2, 0.25) is 5.02 Å². The van der Waals surface area contributed by atoms with E-state index >= 15 is 0 Å². The van der Waals surface area contributed by atoms with Crippen molar-refractivity contribution in [1.82, 2.24) is 10.2 Å². The molecule has 102 valence electrons. The number of benzene rings is 1. The number of nitrogens with zero attached hydrogens (tertiary/aromatic N) is 1. The zero-order valence-electron chi connectivity index (χ0n) is 10.5. The fourth-order valence-electron chi connectivity index (χ4n) is 3.17. The summed E-state index contributed by atoms with van der Waals surface area (Å²) >= 11 is 8.16. The van der Waals surface area contributed by atoms with E-state index in [-0.39, 0.29) is 5.91 Å². The van der Waals surface area contributed by atoms with Crippen molar-refractivity contribution < 1.29 is 4.79 Å². The van der Waals surface area contributed by atoms with Crippen molar-refractivity contribution in [3.05, 3.63) is 32.4 Å². The molecule has 3 nitrogen and oxygen atoms in total. The molecule has 1 N–H and O–H groups in total. The molecule has 2 fully saturated rings. The third-order valence-electron chi connectivity index (χ3n) is 4.10. The lowest BCUT2D eigenvalue weighted by Gasteiger charge is -2.21. The molecule has 0 radical (unpaired) electrons. The highest BCUT2D eigenvalue weighted by atomic mass is 127. The summed E-state index contributed by atoms with van der Waals surface area (Å²) in [5, 5.41) is 3.80. The molecule has 2 atom stereocenters. The lowest BCUT2D eigenvalue weighted by molar-refractivity contribution is 0.0928. The largest absolute Gasteiger partial charge is 0.348 e. The van der Waals surface area contributed by atoms with Gasteiger partial charge in [0.15, 0.2) is 0 Å². The maximum absolute atomic E-state index is 12.4. The minimum absolute atomic E-state index is 0.00523. The van der Waals surface area contributed by atoms with Crippen LogP contribution in [0.15, 0.2) is 18.2 Å². The fourth-order valence-corrected chi connectivity index (χ4v) is 3.92. The van der Waals surface area contributed by atoms with Crippen molar-refractivity contribution in [3.8, 4) is 0 Å². The second-order valence-electron chi connectivity index (χ2n) is 5.24. The van der Waals surface area contributed by atoms with Crippen LogP contribution >= 0.6 is 34.2 Å². The molecule has 3 rings (SSSR count). The Morgan fingerprint density at radius 2 is 2.21 bits per heavy atom. The molecule has 0 aromatic heterocycles. The van der Waals surface area contributed by atoms with Crippen LogP contribution in [0.1, 0.15) is 29.6 Å². The van der Waals surface area contributed by atoms with Crippen LogP contribution < -0.4 is 5.32 Å². The zero-order chi connectivity index (χ0) is 13.4. The molecule has 2 unspecified atom stereocenters. The summed E-state index contributed by atoms with van der Waals surface area (Å²) in [6.07, 6.45) is 3.52. The van der Waals surface area contributed by atoms with E-state index in [9.17, 15) is 4.79 Å². The molecule has 1 aromatic rings. The van der Waals surface area contributed by atoms with Gasteiger partial charge in [-0.05, 0) is 66.6 Å². The average molecular weight is 391 g/mol. The van der Waals surface area contributed by atoms with Gasteiger partial charge < -0.3 is 5.32 Å². The molecule has 2 heterocycles. The standard InChI is InChI=1S/C14H16ClIN2O/c15-9-3-4-11(16)10(8-9)14(19)17-12-5-7-18-6-1-2-13(12)18/h3-4,8,12-13H,1-2,5-7H2,(H,17,19). The van der Waals surface area contributed by atoms with E-state index in [1.807, 2.05) is 12.1 Å². The van der Waals surface area contributed by atoms with Gasteiger partial charge in [-0.25, -0.2) is 0 Å². The van der Waals surface area contributed by atoms with Crippen molar-refractivity contribution in [2.45, 2.75) is 31.3 Å². The zero-order valence-corrected chi connectivity index (χ0v) is 13.4. The number of hydrogen-bond donors (Lipinski definition) is 1. The summed E-state index contributed by atoms with van der Waals surface area (Å²) in [5.74, 6) is 0.00523. The van der Waals surface area contributed by atoms with Crippen LogP contribution in [-0.2, 0) is 0 Å². The highest BCUT2D eigenvalue weighted by Crippen LogP contribution is 2.28. The number of nitrogens with one attached hydrogen (secondary N) is 1. The van der Waals surface area contributed by atoms with Gasteiger partial charge in [0.25, 0.3) is 5.91 Å². The Kier molecular flexibility index (Phi) is 4.01. The lowest BCUT2D eigenvalue weighted by atomic mass is 10.1. The normalized spacial score (nSPS) is 26.4. The Hall–Kier alpha value is -0.330. The Bertz CT molecular complexity index is 508. The number of rotatable bonds is 2. The summed E-state index contributed by atoms with van der Waals surface area (Å²) in [7, 11) is 0. The molecule has 0 aliphatic carbocycles. The molecular weight excluding hydrogens is 375 g/mol. The molecule has 1 amide bonds. The van der Waals surface area contributed by atoms with Gasteiger partial charge in [-0.1, -0.05) is 11.6 Å². The summed E-state index contributed by atoms with van der Waals surface area (Å²) in [4.78, 5) is 14.9. The number of carbonyl (C=O) groups excluding carboxylic acids is 1. The molecule has 2 aliphatic rings. The molecule has 2 saturated heterocycles. The van der Waals surface area contributed by atoms with Gasteiger partial charge in [0, 0.05) is 27.2 Å². The van der Waals surface area contributed by atoms with Crippen molar-refractivity contribution >= 4 is 40.1 Å². The van der Waals surface area contributed by atoms with Crippen LogP contribution in [0.3, 0.4) is 0 Å². The molecule has 5 heteroatoms. The first kappa shape index (κ1) is 13.6. The molecule has 19 heavy (non-hydrogen) atoms. The second kappa shape index (κ2) is 5.58. The first-order valence-corrected chi connectivity index (χ1v) is 8.11. The Morgan fingerprint density at radius 3 is 3.05 bits per heavy atom. The van der Waals surface area contributed by atoms with Gasteiger partial charge in [-0.15, -0.1) is 0 Å². The van der Waals surface area contributed by atoms with E-state index in [4.69, 9.17) is 11.6 Å². The highest BCUT2D eigenvalue weighted by Gasteiger charge is 2.37.